The Balaban J connectivity index is 1.35. The number of anilines is 4. The van der Waals surface area contributed by atoms with Crippen LogP contribution >= 0.6 is 22.7 Å². The van der Waals surface area contributed by atoms with Gasteiger partial charge in [-0.3, -0.25) is 9.52 Å². The number of nitrogens with one attached hydrogen (secondary N) is 3. The van der Waals surface area contributed by atoms with E-state index in [9.17, 15) is 26.4 Å². The van der Waals surface area contributed by atoms with Gasteiger partial charge in [-0.15, -0.1) is 35.8 Å². The molecule has 0 bridgehead atoms. The van der Waals surface area contributed by atoms with Crippen LogP contribution in [-0.2, 0) is 10.0 Å². The quantitative estimate of drug-likeness (QED) is 0.277. The SMILES string of the molecule is O=C(Nc1ccc(S(=O)(=O)Nc2nccs2)cc1)c1csc(Nc2ccc(OC(F)(F)F)cc2)n1. The molecule has 0 saturated heterocycles. The Kier molecular flexibility index (Phi) is 6.90. The van der Waals surface area contributed by atoms with E-state index in [0.717, 1.165) is 34.8 Å². The van der Waals surface area contributed by atoms with Crippen LogP contribution in [0.25, 0.3) is 0 Å². The third-order valence-corrected chi connectivity index (χ3v) is 7.08. The molecule has 0 fully saturated rings. The van der Waals surface area contributed by atoms with Crippen LogP contribution in [0.5, 0.6) is 5.75 Å². The highest BCUT2D eigenvalue weighted by atomic mass is 32.2. The van der Waals surface area contributed by atoms with Crippen LogP contribution in [0.3, 0.4) is 0 Å². The largest absolute Gasteiger partial charge is 0.573 e. The van der Waals surface area contributed by atoms with Crippen LogP contribution < -0.4 is 20.1 Å². The molecule has 2 aromatic heterocycles. The number of ether oxygens (including phenoxy) is 1. The van der Waals surface area contributed by atoms with Crippen molar-refractivity contribution in [3.63, 3.8) is 0 Å². The average Bonchev–Trinajstić information content (AvgIpc) is 3.46. The highest BCUT2D eigenvalue weighted by molar-refractivity contribution is 7.93. The standard InChI is InChI=1S/C20H14F3N5O4S3/c21-20(22,23)32-14-5-1-13(2-6-14)26-19-27-16(11-34-19)17(29)25-12-3-7-15(8-4-12)35(30,31)28-18-24-9-10-33-18/h1-11H,(H,24,28)(H,25,29)(H,26,27). The topological polar surface area (TPSA) is 122 Å². The first-order chi connectivity index (χ1) is 16.6. The Morgan fingerprint density at radius 1 is 0.943 bits per heavy atom. The van der Waals surface area contributed by atoms with E-state index >= 15 is 0 Å². The molecule has 0 spiro atoms. The van der Waals surface area contributed by atoms with Gasteiger partial charge in [-0.05, 0) is 48.5 Å². The number of rotatable bonds is 8. The molecule has 0 saturated carbocycles. The average molecular weight is 542 g/mol. The van der Waals surface area contributed by atoms with E-state index in [1.807, 2.05) is 0 Å². The van der Waals surface area contributed by atoms with E-state index in [1.54, 1.807) is 5.38 Å². The molecule has 0 aliphatic heterocycles. The fraction of sp³-hybridized carbons (Fsp3) is 0.0500. The van der Waals surface area contributed by atoms with Crippen LogP contribution in [0.2, 0.25) is 0 Å². The van der Waals surface area contributed by atoms with E-state index in [2.05, 4.69) is 30.1 Å². The van der Waals surface area contributed by atoms with Gasteiger partial charge in [-0.2, -0.15) is 0 Å². The van der Waals surface area contributed by atoms with Gasteiger partial charge in [0.1, 0.15) is 11.4 Å². The lowest BCUT2D eigenvalue weighted by molar-refractivity contribution is -0.274. The summed E-state index contributed by atoms with van der Waals surface area (Å²) in [6.07, 6.45) is -3.30. The molecule has 35 heavy (non-hydrogen) atoms. The number of hydrogen-bond acceptors (Lipinski definition) is 9. The molecule has 2 aromatic carbocycles. The number of carbonyl (C=O) groups excluding carboxylic acids is 1. The normalized spacial score (nSPS) is 11.6. The van der Waals surface area contributed by atoms with Crippen LogP contribution in [0.4, 0.5) is 34.8 Å². The minimum atomic E-state index is -4.78. The van der Waals surface area contributed by atoms with Crippen molar-refractivity contribution < 1.29 is 31.1 Å². The third-order valence-electron chi connectivity index (χ3n) is 4.15. The van der Waals surface area contributed by atoms with Crippen LogP contribution in [0.15, 0.2) is 70.4 Å². The van der Waals surface area contributed by atoms with Crippen molar-refractivity contribution in [3.8, 4) is 5.75 Å². The smallest absolute Gasteiger partial charge is 0.406 e. The van der Waals surface area contributed by atoms with Crippen molar-refractivity contribution in [2.45, 2.75) is 11.3 Å². The summed E-state index contributed by atoms with van der Waals surface area (Å²) in [6.45, 7) is 0. The summed E-state index contributed by atoms with van der Waals surface area (Å²) in [6, 6.07) is 10.6. The van der Waals surface area contributed by atoms with Crippen molar-refractivity contribution in [1.29, 1.82) is 0 Å². The van der Waals surface area contributed by atoms with E-state index < -0.39 is 22.3 Å². The van der Waals surface area contributed by atoms with Gasteiger partial charge in [0.2, 0.25) is 0 Å². The van der Waals surface area contributed by atoms with Gasteiger partial charge in [0, 0.05) is 28.3 Å². The first-order valence-corrected chi connectivity index (χ1v) is 12.7. The van der Waals surface area contributed by atoms with Gasteiger partial charge < -0.3 is 15.4 Å². The molecule has 182 valence electrons. The predicted molar refractivity (Wildman–Crippen MR) is 126 cm³/mol. The summed E-state index contributed by atoms with van der Waals surface area (Å²) < 4.78 is 67.7. The van der Waals surface area contributed by atoms with Crippen LogP contribution in [-0.4, -0.2) is 30.7 Å². The number of hydrogen-bond donors (Lipinski definition) is 3. The van der Waals surface area contributed by atoms with Gasteiger partial charge >= 0.3 is 6.36 Å². The Bertz CT molecular complexity index is 1410. The number of carbonyl (C=O) groups is 1. The van der Waals surface area contributed by atoms with Gasteiger partial charge in [0.05, 0.1) is 4.90 Å². The van der Waals surface area contributed by atoms with Gasteiger partial charge in [-0.1, -0.05) is 0 Å². The summed E-state index contributed by atoms with van der Waals surface area (Å²) in [5.74, 6) is -0.889. The molecule has 2 heterocycles. The monoisotopic (exact) mass is 541 g/mol. The second-order valence-electron chi connectivity index (χ2n) is 6.66. The second kappa shape index (κ2) is 9.89. The van der Waals surface area contributed by atoms with Crippen molar-refractivity contribution >= 4 is 60.2 Å². The summed E-state index contributed by atoms with van der Waals surface area (Å²) in [5, 5.41) is 9.22. The summed E-state index contributed by atoms with van der Waals surface area (Å²) >= 11 is 2.26. The van der Waals surface area contributed by atoms with Gasteiger partial charge in [0.15, 0.2) is 10.3 Å². The number of thiazole rings is 2. The lowest BCUT2D eigenvalue weighted by Crippen LogP contribution is -2.16. The molecule has 1 amide bonds. The number of sulfonamides is 1. The third kappa shape index (κ3) is 6.68. The molecule has 0 atom stereocenters. The first-order valence-electron chi connectivity index (χ1n) is 9.49. The second-order valence-corrected chi connectivity index (χ2v) is 10.1. The molecule has 0 aliphatic rings. The number of alkyl halides is 3. The Morgan fingerprint density at radius 2 is 1.63 bits per heavy atom. The molecule has 4 aromatic rings. The van der Waals surface area contributed by atoms with Crippen molar-refractivity contribution in [3.05, 3.63) is 71.2 Å². The van der Waals surface area contributed by atoms with E-state index in [1.165, 1.54) is 48.0 Å². The molecule has 0 unspecified atom stereocenters. The Hall–Kier alpha value is -3.69. The number of amides is 1. The first kappa shape index (κ1) is 24.4. The van der Waals surface area contributed by atoms with Gasteiger partial charge in [0.25, 0.3) is 15.9 Å². The number of nitrogens with zero attached hydrogens (tertiary/aromatic N) is 2. The van der Waals surface area contributed by atoms with E-state index in [4.69, 9.17) is 0 Å². The molecule has 3 N–H and O–H groups in total. The summed E-state index contributed by atoms with van der Waals surface area (Å²) in [7, 11) is -3.82. The molecule has 4 rings (SSSR count). The lowest BCUT2D eigenvalue weighted by Gasteiger charge is -2.09. The minimum Gasteiger partial charge on any atom is -0.406 e. The molecular weight excluding hydrogens is 527 g/mol. The van der Waals surface area contributed by atoms with Crippen molar-refractivity contribution in [1.82, 2.24) is 9.97 Å². The molecule has 0 radical (unpaired) electrons. The Morgan fingerprint density at radius 3 is 2.26 bits per heavy atom. The summed E-state index contributed by atoms with van der Waals surface area (Å²) in [5.41, 5.74) is 0.895. The fourth-order valence-electron chi connectivity index (χ4n) is 2.66. The van der Waals surface area contributed by atoms with Crippen molar-refractivity contribution in [2.24, 2.45) is 0 Å². The van der Waals surface area contributed by atoms with Crippen LogP contribution in [0.1, 0.15) is 10.5 Å². The maximum absolute atomic E-state index is 12.5. The van der Waals surface area contributed by atoms with Crippen molar-refractivity contribution in [2.75, 3.05) is 15.4 Å². The zero-order valence-corrected chi connectivity index (χ0v) is 19.7. The number of aromatic nitrogens is 2. The fourth-order valence-corrected chi connectivity index (χ4v) is 5.16. The van der Waals surface area contributed by atoms with Crippen LogP contribution in [0, 0.1) is 0 Å². The molecule has 0 aliphatic carbocycles. The number of halogens is 3. The lowest BCUT2D eigenvalue weighted by atomic mass is 10.3. The van der Waals surface area contributed by atoms with E-state index in [0.29, 0.717) is 16.5 Å². The highest BCUT2D eigenvalue weighted by Gasteiger charge is 2.31. The minimum absolute atomic E-state index is 0.00232. The highest BCUT2D eigenvalue weighted by Crippen LogP contribution is 2.27. The summed E-state index contributed by atoms with van der Waals surface area (Å²) in [4.78, 5) is 20.5. The maximum Gasteiger partial charge on any atom is 0.573 e. The molecule has 9 nitrogen and oxygen atoms in total. The maximum atomic E-state index is 12.5. The number of benzene rings is 2. The zero-order valence-electron chi connectivity index (χ0n) is 17.2. The molecular formula is C20H14F3N5O4S3. The Labute approximate surface area is 204 Å². The van der Waals surface area contributed by atoms with Gasteiger partial charge in [-0.25, -0.2) is 18.4 Å². The van der Waals surface area contributed by atoms with E-state index in [-0.39, 0.29) is 21.5 Å². The molecule has 15 heteroatoms. The predicted octanol–water partition coefficient (Wildman–Crippen LogP) is 5.29. The zero-order chi connectivity index (χ0) is 25.1.